The molecule has 7 heteroatoms. The molecule has 0 amide bonds. The molecule has 0 unspecified atom stereocenters. The predicted octanol–water partition coefficient (Wildman–Crippen LogP) is 2.55. The number of rotatable bonds is 6. The van der Waals surface area contributed by atoms with E-state index in [2.05, 4.69) is 45.0 Å². The molecule has 2 heterocycles. The van der Waals surface area contributed by atoms with Crippen molar-refractivity contribution in [3.8, 4) is 0 Å². The Morgan fingerprint density at radius 3 is 1.88 bits per heavy atom. The third-order valence-electron chi connectivity index (χ3n) is 6.63. The summed E-state index contributed by atoms with van der Waals surface area (Å²) in [5.41, 5.74) is -1.46. The Labute approximate surface area is 197 Å². The van der Waals surface area contributed by atoms with Gasteiger partial charge < -0.3 is 28.8 Å². The van der Waals surface area contributed by atoms with Gasteiger partial charge in [0.25, 0.3) is 8.32 Å². The molecule has 0 saturated carbocycles. The topological polar surface area (TPSA) is 77.4 Å². The largest absolute Gasteiger partial charge is 0.404 e. The van der Waals surface area contributed by atoms with E-state index in [1.165, 1.54) is 0 Å². The number of aliphatic hydroxyl groups is 2. The minimum absolute atomic E-state index is 0.00909. The van der Waals surface area contributed by atoms with Crippen molar-refractivity contribution in [3.05, 3.63) is 60.7 Å². The fourth-order valence-corrected chi connectivity index (χ4v) is 9.77. The molecular weight excluding hydrogens is 436 g/mol. The number of hydrogen-bond acceptors (Lipinski definition) is 6. The Hall–Kier alpha value is -1.58. The lowest BCUT2D eigenvalue weighted by molar-refractivity contribution is -0.240. The maximum Gasteiger partial charge on any atom is 0.261 e. The van der Waals surface area contributed by atoms with Crippen LogP contribution in [0.15, 0.2) is 60.7 Å². The van der Waals surface area contributed by atoms with Gasteiger partial charge in [-0.15, -0.1) is 0 Å². The first kappa shape index (κ1) is 24.5. The highest BCUT2D eigenvalue weighted by molar-refractivity contribution is 6.99. The first-order chi connectivity index (χ1) is 15.4. The van der Waals surface area contributed by atoms with E-state index in [4.69, 9.17) is 18.6 Å². The van der Waals surface area contributed by atoms with Gasteiger partial charge in [0.1, 0.15) is 23.9 Å². The molecule has 180 valence electrons. The van der Waals surface area contributed by atoms with Crippen LogP contribution in [0.2, 0.25) is 5.04 Å². The molecule has 2 saturated heterocycles. The third kappa shape index (κ3) is 4.44. The Morgan fingerprint density at radius 1 is 0.909 bits per heavy atom. The number of benzene rings is 2. The van der Waals surface area contributed by atoms with Crippen LogP contribution in [0.4, 0.5) is 0 Å². The highest BCUT2D eigenvalue weighted by atomic mass is 28.4. The lowest BCUT2D eigenvalue weighted by atomic mass is 9.95. The van der Waals surface area contributed by atoms with Crippen molar-refractivity contribution >= 4 is 18.7 Å². The van der Waals surface area contributed by atoms with Gasteiger partial charge >= 0.3 is 0 Å². The minimum Gasteiger partial charge on any atom is -0.404 e. The van der Waals surface area contributed by atoms with E-state index in [1.807, 2.05) is 36.4 Å². The second kappa shape index (κ2) is 8.57. The Bertz CT molecular complexity index is 901. The molecule has 4 rings (SSSR count). The summed E-state index contributed by atoms with van der Waals surface area (Å²) in [5, 5.41) is 24.4. The number of aliphatic hydroxyl groups excluding tert-OH is 1. The van der Waals surface area contributed by atoms with Crippen molar-refractivity contribution in [1.82, 2.24) is 0 Å². The summed E-state index contributed by atoms with van der Waals surface area (Å²) in [6.07, 6.45) is -3.31. The van der Waals surface area contributed by atoms with Gasteiger partial charge in [0, 0.05) is 0 Å². The fourth-order valence-electron chi connectivity index (χ4n) is 5.10. The highest BCUT2D eigenvalue weighted by Gasteiger charge is 2.59. The van der Waals surface area contributed by atoms with Crippen LogP contribution in [0.5, 0.6) is 0 Å². The lowest BCUT2D eigenvalue weighted by Gasteiger charge is -2.45. The predicted molar refractivity (Wildman–Crippen MR) is 129 cm³/mol. The van der Waals surface area contributed by atoms with Crippen LogP contribution in [0, 0.1) is 0 Å². The zero-order chi connectivity index (χ0) is 24.1. The van der Waals surface area contributed by atoms with Crippen molar-refractivity contribution in [2.75, 3.05) is 6.61 Å². The highest BCUT2D eigenvalue weighted by Crippen LogP contribution is 2.42. The van der Waals surface area contributed by atoms with Crippen molar-refractivity contribution in [2.45, 2.75) is 82.6 Å². The van der Waals surface area contributed by atoms with E-state index in [1.54, 1.807) is 20.8 Å². The van der Waals surface area contributed by atoms with Gasteiger partial charge in [-0.05, 0) is 36.2 Å². The van der Waals surface area contributed by atoms with E-state index in [0.717, 1.165) is 10.4 Å². The molecule has 0 aliphatic carbocycles. The van der Waals surface area contributed by atoms with Crippen molar-refractivity contribution in [1.29, 1.82) is 0 Å². The third-order valence-corrected chi connectivity index (χ3v) is 11.6. The molecule has 2 aliphatic rings. The molecule has 2 aromatic carbocycles. The molecule has 2 N–H and O–H groups in total. The summed E-state index contributed by atoms with van der Waals surface area (Å²) < 4.78 is 24.4. The molecular formula is C26H36O6Si. The van der Waals surface area contributed by atoms with Crippen molar-refractivity contribution in [2.24, 2.45) is 0 Å². The van der Waals surface area contributed by atoms with Gasteiger partial charge in [0.05, 0.1) is 6.61 Å². The number of fused-ring (bicyclic) bond motifs is 1. The van der Waals surface area contributed by atoms with Gasteiger partial charge in [0.15, 0.2) is 12.1 Å². The average molecular weight is 473 g/mol. The second-order valence-electron chi connectivity index (χ2n) is 10.8. The normalized spacial score (nSPS) is 29.0. The van der Waals surface area contributed by atoms with Crippen LogP contribution in [0.3, 0.4) is 0 Å². The van der Waals surface area contributed by atoms with Crippen LogP contribution < -0.4 is 10.4 Å². The van der Waals surface area contributed by atoms with E-state index in [-0.39, 0.29) is 11.6 Å². The SMILES string of the molecule is CC1(C)O[C@H]2O[C@H]([C@@](C)(O)CO[Si](c3ccccc3)(c3ccccc3)C(C)(C)C)[C@@H](O)[C@H]2O1. The monoisotopic (exact) mass is 472 g/mol. The van der Waals surface area contributed by atoms with Crippen molar-refractivity contribution in [3.63, 3.8) is 0 Å². The van der Waals surface area contributed by atoms with Crippen LogP contribution in [0.25, 0.3) is 0 Å². The standard InChI is InChI=1S/C26H36O6Si/c1-24(2,3)33(18-13-9-7-10-14-18,19-15-11-8-12-16-19)29-17-26(6,28)22-20(27)21-23(30-22)32-25(4,5)31-21/h7-16,20-23,27-28H,17H2,1-6H3/t20-,21+,22-,23+,26-/m0/s1. The smallest absolute Gasteiger partial charge is 0.261 e. The van der Waals surface area contributed by atoms with Gasteiger partial charge in [-0.25, -0.2) is 0 Å². The number of ether oxygens (including phenoxy) is 3. The zero-order valence-electron chi connectivity index (χ0n) is 20.3. The average Bonchev–Trinajstić information content (AvgIpc) is 3.22. The van der Waals surface area contributed by atoms with Crippen LogP contribution >= 0.6 is 0 Å². The Kier molecular flexibility index (Phi) is 6.37. The van der Waals surface area contributed by atoms with Gasteiger partial charge in [-0.3, -0.25) is 0 Å². The summed E-state index contributed by atoms with van der Waals surface area (Å²) in [6, 6.07) is 20.5. The van der Waals surface area contributed by atoms with Crippen LogP contribution in [-0.4, -0.2) is 61.1 Å². The van der Waals surface area contributed by atoms with E-state index in [0.29, 0.717) is 0 Å². The molecule has 0 radical (unpaired) electrons. The maximum atomic E-state index is 11.5. The van der Waals surface area contributed by atoms with E-state index >= 15 is 0 Å². The number of hydrogen-bond donors (Lipinski definition) is 2. The summed E-state index contributed by atoms with van der Waals surface area (Å²) in [6.45, 7) is 11.7. The molecule has 2 aliphatic heterocycles. The summed E-state index contributed by atoms with van der Waals surface area (Å²) in [5.74, 6) is -0.835. The maximum absolute atomic E-state index is 11.5. The first-order valence-corrected chi connectivity index (χ1v) is 13.4. The minimum atomic E-state index is -2.84. The van der Waals surface area contributed by atoms with E-state index in [9.17, 15) is 10.2 Å². The summed E-state index contributed by atoms with van der Waals surface area (Å²) >= 11 is 0. The fraction of sp³-hybridized carbons (Fsp3) is 0.538. The van der Waals surface area contributed by atoms with Gasteiger partial charge in [-0.2, -0.15) is 0 Å². The first-order valence-electron chi connectivity index (χ1n) is 11.5. The quantitative estimate of drug-likeness (QED) is 0.630. The lowest BCUT2D eigenvalue weighted by Crippen LogP contribution is -2.68. The molecule has 6 nitrogen and oxygen atoms in total. The molecule has 2 aromatic rings. The summed E-state index contributed by atoms with van der Waals surface area (Å²) in [7, 11) is -2.84. The Morgan fingerprint density at radius 2 is 1.42 bits per heavy atom. The van der Waals surface area contributed by atoms with E-state index < -0.39 is 44.3 Å². The molecule has 0 aromatic heterocycles. The molecule has 33 heavy (non-hydrogen) atoms. The molecule has 2 fully saturated rings. The Balaban J connectivity index is 1.65. The van der Waals surface area contributed by atoms with Crippen LogP contribution in [0.1, 0.15) is 41.5 Å². The van der Waals surface area contributed by atoms with Crippen LogP contribution in [-0.2, 0) is 18.6 Å². The van der Waals surface area contributed by atoms with Gasteiger partial charge in [0.2, 0.25) is 0 Å². The van der Waals surface area contributed by atoms with Crippen molar-refractivity contribution < 1.29 is 28.8 Å². The summed E-state index contributed by atoms with van der Waals surface area (Å²) in [4.78, 5) is 0. The zero-order valence-corrected chi connectivity index (χ0v) is 21.3. The second-order valence-corrected chi connectivity index (χ2v) is 15.1. The van der Waals surface area contributed by atoms with Gasteiger partial charge in [-0.1, -0.05) is 81.4 Å². The molecule has 5 atom stereocenters. The molecule has 0 bridgehead atoms. The molecule has 0 spiro atoms.